The summed E-state index contributed by atoms with van der Waals surface area (Å²) in [4.78, 5) is 21.6. The van der Waals surface area contributed by atoms with Crippen molar-refractivity contribution in [3.05, 3.63) is 69.6 Å². The first-order valence-electron chi connectivity index (χ1n) is 7.84. The summed E-state index contributed by atoms with van der Waals surface area (Å²) in [6, 6.07) is 9.25. The number of hydrogen-bond acceptors (Lipinski definition) is 5. The van der Waals surface area contributed by atoms with Crippen molar-refractivity contribution < 1.29 is 9.18 Å². The first-order valence-corrected chi connectivity index (χ1v) is 9.04. The standard InChI is InChI=1S/C18H16ClFN4OS/c1-10(12-3-6-14(20)7-4-12)22-17(25)16-11(2)23-18(26-16)24-15-8-5-13(19)9-21-15/h3-10H,1-2H3,(H,22,25)(H,21,23,24)/t10-/m0/s1. The predicted molar refractivity (Wildman–Crippen MR) is 102 cm³/mol. The molecule has 1 atom stereocenters. The van der Waals surface area contributed by atoms with Crippen LogP contribution >= 0.6 is 22.9 Å². The smallest absolute Gasteiger partial charge is 0.263 e. The maximum atomic E-state index is 13.0. The van der Waals surface area contributed by atoms with Gasteiger partial charge in [-0.15, -0.1) is 0 Å². The topological polar surface area (TPSA) is 66.9 Å². The quantitative estimate of drug-likeness (QED) is 0.652. The van der Waals surface area contributed by atoms with E-state index in [1.165, 1.54) is 29.7 Å². The molecule has 2 heterocycles. The zero-order valence-electron chi connectivity index (χ0n) is 14.1. The summed E-state index contributed by atoms with van der Waals surface area (Å²) in [5.41, 5.74) is 1.45. The lowest BCUT2D eigenvalue weighted by atomic mass is 10.1. The highest BCUT2D eigenvalue weighted by molar-refractivity contribution is 7.17. The zero-order chi connectivity index (χ0) is 18.7. The molecular weight excluding hydrogens is 375 g/mol. The Morgan fingerprint density at radius 2 is 1.96 bits per heavy atom. The summed E-state index contributed by atoms with van der Waals surface area (Å²) >= 11 is 7.06. The molecule has 0 aliphatic heterocycles. The highest BCUT2D eigenvalue weighted by Gasteiger charge is 2.18. The van der Waals surface area contributed by atoms with Gasteiger partial charge >= 0.3 is 0 Å². The third-order valence-corrected chi connectivity index (χ3v) is 4.98. The lowest BCUT2D eigenvalue weighted by molar-refractivity contribution is 0.0943. The Bertz CT molecular complexity index is 912. The average molecular weight is 391 g/mol. The third kappa shape index (κ3) is 4.36. The number of anilines is 2. The Hall–Kier alpha value is -2.51. The lowest BCUT2D eigenvalue weighted by Gasteiger charge is -2.13. The van der Waals surface area contributed by atoms with Crippen LogP contribution in [0, 0.1) is 12.7 Å². The highest BCUT2D eigenvalue weighted by Crippen LogP contribution is 2.26. The van der Waals surface area contributed by atoms with Crippen LogP contribution in [-0.2, 0) is 0 Å². The van der Waals surface area contributed by atoms with E-state index in [1.807, 2.05) is 6.92 Å². The van der Waals surface area contributed by atoms with E-state index in [9.17, 15) is 9.18 Å². The van der Waals surface area contributed by atoms with Crippen LogP contribution in [0.1, 0.15) is 33.9 Å². The van der Waals surface area contributed by atoms with Crippen LogP contribution in [0.2, 0.25) is 5.02 Å². The Morgan fingerprint density at radius 3 is 2.62 bits per heavy atom. The summed E-state index contributed by atoms with van der Waals surface area (Å²) in [6.45, 7) is 3.62. The predicted octanol–water partition coefficient (Wildman–Crippen LogP) is 4.87. The molecule has 5 nitrogen and oxygen atoms in total. The second-order valence-corrected chi connectivity index (χ2v) is 7.10. The summed E-state index contributed by atoms with van der Waals surface area (Å²) in [5, 5.41) is 7.07. The van der Waals surface area contributed by atoms with Gasteiger partial charge in [0.05, 0.1) is 16.8 Å². The number of halogens is 2. The molecule has 0 spiro atoms. The molecule has 1 amide bonds. The van der Waals surface area contributed by atoms with Crippen molar-refractivity contribution in [3.63, 3.8) is 0 Å². The lowest BCUT2D eigenvalue weighted by Crippen LogP contribution is -2.26. The summed E-state index contributed by atoms with van der Waals surface area (Å²) in [6.07, 6.45) is 1.53. The number of aryl methyl sites for hydroxylation is 1. The van der Waals surface area contributed by atoms with E-state index in [1.54, 1.807) is 31.2 Å². The van der Waals surface area contributed by atoms with Gasteiger partial charge in [0.25, 0.3) is 5.91 Å². The van der Waals surface area contributed by atoms with Crippen molar-refractivity contribution in [2.45, 2.75) is 19.9 Å². The van der Waals surface area contributed by atoms with Crippen molar-refractivity contribution in [2.24, 2.45) is 0 Å². The average Bonchev–Trinajstić information content (AvgIpc) is 2.98. The molecule has 2 N–H and O–H groups in total. The van der Waals surface area contributed by atoms with Crippen LogP contribution in [0.15, 0.2) is 42.6 Å². The first-order chi connectivity index (χ1) is 12.4. The van der Waals surface area contributed by atoms with Crippen LogP contribution < -0.4 is 10.6 Å². The molecular formula is C18H16ClFN4OS. The number of benzene rings is 1. The van der Waals surface area contributed by atoms with E-state index in [0.29, 0.717) is 26.5 Å². The molecule has 0 aliphatic rings. The minimum atomic E-state index is -0.308. The molecule has 0 unspecified atom stereocenters. The number of carbonyl (C=O) groups is 1. The SMILES string of the molecule is Cc1nc(Nc2ccc(Cl)cn2)sc1C(=O)N[C@@H](C)c1ccc(F)cc1. The van der Waals surface area contributed by atoms with Gasteiger partial charge in [-0.1, -0.05) is 35.1 Å². The van der Waals surface area contributed by atoms with Gasteiger partial charge < -0.3 is 10.6 Å². The van der Waals surface area contributed by atoms with E-state index >= 15 is 0 Å². The number of nitrogens with one attached hydrogen (secondary N) is 2. The van der Waals surface area contributed by atoms with Crippen molar-refractivity contribution in [2.75, 3.05) is 5.32 Å². The maximum Gasteiger partial charge on any atom is 0.263 e. The second kappa shape index (κ2) is 7.80. The van der Waals surface area contributed by atoms with Crippen LogP contribution in [0.3, 0.4) is 0 Å². The molecule has 0 saturated carbocycles. The van der Waals surface area contributed by atoms with Crippen molar-refractivity contribution >= 4 is 39.8 Å². The van der Waals surface area contributed by atoms with Gasteiger partial charge in [0, 0.05) is 6.20 Å². The Morgan fingerprint density at radius 1 is 1.23 bits per heavy atom. The number of nitrogens with zero attached hydrogens (tertiary/aromatic N) is 2. The van der Waals surface area contributed by atoms with Gasteiger partial charge in [0.2, 0.25) is 0 Å². The van der Waals surface area contributed by atoms with Gasteiger partial charge in [0.1, 0.15) is 16.5 Å². The molecule has 3 rings (SSSR count). The van der Waals surface area contributed by atoms with E-state index < -0.39 is 0 Å². The molecule has 8 heteroatoms. The fourth-order valence-corrected chi connectivity index (χ4v) is 3.31. The molecule has 0 bridgehead atoms. The van der Waals surface area contributed by atoms with Crippen molar-refractivity contribution in [1.29, 1.82) is 0 Å². The molecule has 0 radical (unpaired) electrons. The molecule has 1 aromatic carbocycles. The molecule has 2 aromatic heterocycles. The minimum absolute atomic E-state index is 0.228. The summed E-state index contributed by atoms with van der Waals surface area (Å²) in [7, 11) is 0. The second-order valence-electron chi connectivity index (χ2n) is 5.67. The van der Waals surface area contributed by atoms with E-state index in [4.69, 9.17) is 11.6 Å². The number of pyridine rings is 1. The largest absolute Gasteiger partial charge is 0.345 e. The van der Waals surface area contributed by atoms with Crippen LogP contribution in [0.5, 0.6) is 0 Å². The zero-order valence-corrected chi connectivity index (χ0v) is 15.7. The number of hydrogen-bond donors (Lipinski definition) is 2. The van der Waals surface area contributed by atoms with Gasteiger partial charge in [-0.2, -0.15) is 0 Å². The summed E-state index contributed by atoms with van der Waals surface area (Å²) < 4.78 is 13.0. The molecule has 26 heavy (non-hydrogen) atoms. The van der Waals surface area contributed by atoms with Crippen LogP contribution in [-0.4, -0.2) is 15.9 Å². The van der Waals surface area contributed by atoms with E-state index in [-0.39, 0.29) is 17.8 Å². The molecule has 0 saturated heterocycles. The number of carbonyl (C=O) groups excluding carboxylic acids is 1. The van der Waals surface area contributed by atoms with Gasteiger partial charge in [0.15, 0.2) is 5.13 Å². The number of amides is 1. The normalized spacial score (nSPS) is 11.8. The molecule has 134 valence electrons. The number of aromatic nitrogens is 2. The molecule has 0 fully saturated rings. The van der Waals surface area contributed by atoms with E-state index in [2.05, 4.69) is 20.6 Å². The number of rotatable bonds is 5. The molecule has 3 aromatic rings. The Kier molecular flexibility index (Phi) is 5.49. The summed E-state index contributed by atoms with van der Waals surface area (Å²) in [5.74, 6) is 0.0563. The minimum Gasteiger partial charge on any atom is -0.345 e. The monoisotopic (exact) mass is 390 g/mol. The first kappa shape index (κ1) is 18.3. The fraction of sp³-hybridized carbons (Fsp3) is 0.167. The van der Waals surface area contributed by atoms with Gasteiger partial charge in [-0.25, -0.2) is 14.4 Å². The highest BCUT2D eigenvalue weighted by atomic mass is 35.5. The molecule has 0 aliphatic carbocycles. The Balaban J connectivity index is 1.70. The van der Waals surface area contributed by atoms with E-state index in [0.717, 1.165) is 5.56 Å². The third-order valence-electron chi connectivity index (χ3n) is 3.68. The van der Waals surface area contributed by atoms with Crippen LogP contribution in [0.25, 0.3) is 0 Å². The Labute approximate surface area is 159 Å². The van der Waals surface area contributed by atoms with Gasteiger partial charge in [-0.3, -0.25) is 4.79 Å². The van der Waals surface area contributed by atoms with Crippen LogP contribution in [0.4, 0.5) is 15.3 Å². The van der Waals surface area contributed by atoms with Crippen molar-refractivity contribution in [3.8, 4) is 0 Å². The number of thiazole rings is 1. The fourth-order valence-electron chi connectivity index (χ4n) is 2.32. The van der Waals surface area contributed by atoms with Crippen molar-refractivity contribution in [1.82, 2.24) is 15.3 Å². The maximum absolute atomic E-state index is 13.0. The van der Waals surface area contributed by atoms with Gasteiger partial charge in [-0.05, 0) is 43.7 Å².